The Morgan fingerprint density at radius 1 is 1.10 bits per heavy atom. The van der Waals surface area contributed by atoms with Gasteiger partial charge in [-0.25, -0.2) is 0 Å². The van der Waals surface area contributed by atoms with E-state index in [1.165, 1.54) is 0 Å². The molecule has 21 heavy (non-hydrogen) atoms. The number of imide groups is 1. The van der Waals surface area contributed by atoms with Crippen LogP contribution in [0.5, 0.6) is 0 Å². The second-order valence-electron chi connectivity index (χ2n) is 5.51. The Labute approximate surface area is 125 Å². The van der Waals surface area contributed by atoms with Gasteiger partial charge < -0.3 is 5.11 Å². The van der Waals surface area contributed by atoms with Crippen LogP contribution in [0.15, 0.2) is 24.0 Å². The van der Waals surface area contributed by atoms with Gasteiger partial charge in [0, 0.05) is 6.54 Å². The summed E-state index contributed by atoms with van der Waals surface area (Å²) in [5.74, 6) is -1.39. The highest BCUT2D eigenvalue weighted by molar-refractivity contribution is 6.35. The highest BCUT2D eigenvalue weighted by Gasteiger charge is 2.39. The first kappa shape index (κ1) is 15.3. The minimum Gasteiger partial charge on any atom is -0.502 e. The maximum absolute atomic E-state index is 12.4. The van der Waals surface area contributed by atoms with Crippen molar-refractivity contribution in [2.45, 2.75) is 40.0 Å². The highest BCUT2D eigenvalue weighted by Crippen LogP contribution is 2.30. The molecular weight excluding hydrogens is 266 g/mol. The number of rotatable bonds is 5. The second-order valence-corrected chi connectivity index (χ2v) is 5.51. The van der Waals surface area contributed by atoms with Gasteiger partial charge in [0.15, 0.2) is 5.76 Å². The summed E-state index contributed by atoms with van der Waals surface area (Å²) in [6.07, 6.45) is 2.73. The molecule has 0 aliphatic carbocycles. The number of nitrogens with zero attached hydrogens (tertiary/aromatic N) is 1. The summed E-state index contributed by atoms with van der Waals surface area (Å²) in [7, 11) is 0. The average molecular weight is 287 g/mol. The molecule has 4 heteroatoms. The molecule has 0 aromatic heterocycles. The van der Waals surface area contributed by atoms with Crippen LogP contribution >= 0.6 is 0 Å². The number of hydrogen-bond donors (Lipinski definition) is 1. The second kappa shape index (κ2) is 6.12. The van der Waals surface area contributed by atoms with Gasteiger partial charge in [0.25, 0.3) is 11.8 Å². The predicted octanol–water partition coefficient (Wildman–Crippen LogP) is 3.13. The van der Waals surface area contributed by atoms with Crippen LogP contribution in [0.2, 0.25) is 0 Å². The van der Waals surface area contributed by atoms with E-state index >= 15 is 0 Å². The quantitative estimate of drug-likeness (QED) is 0.668. The minimum absolute atomic E-state index is 0.133. The molecule has 2 amide bonds. The maximum Gasteiger partial charge on any atom is 0.296 e. The van der Waals surface area contributed by atoms with Crippen LogP contribution in [0, 0.1) is 13.8 Å². The molecule has 1 aliphatic heterocycles. The van der Waals surface area contributed by atoms with Crippen molar-refractivity contribution in [1.29, 1.82) is 0 Å². The number of carbonyl (C=O) groups excluding carboxylic acids is 2. The molecule has 1 aliphatic rings. The topological polar surface area (TPSA) is 57.6 Å². The van der Waals surface area contributed by atoms with Gasteiger partial charge >= 0.3 is 0 Å². The SMILES string of the molecule is CCCCCN1C(=O)C(O)=C(c2ccc(C)cc2C)C1=O. The van der Waals surface area contributed by atoms with E-state index in [4.69, 9.17) is 0 Å². The fourth-order valence-electron chi connectivity index (χ4n) is 2.62. The maximum atomic E-state index is 12.4. The molecular formula is C17H21NO3. The van der Waals surface area contributed by atoms with Gasteiger partial charge in [-0.05, 0) is 31.4 Å². The number of carbonyl (C=O) groups is 2. The predicted molar refractivity (Wildman–Crippen MR) is 81.7 cm³/mol. The van der Waals surface area contributed by atoms with E-state index in [2.05, 4.69) is 6.92 Å². The molecule has 0 spiro atoms. The van der Waals surface area contributed by atoms with Gasteiger partial charge in [-0.2, -0.15) is 0 Å². The van der Waals surface area contributed by atoms with Gasteiger partial charge in [0.2, 0.25) is 0 Å². The van der Waals surface area contributed by atoms with E-state index in [1.54, 1.807) is 6.07 Å². The summed E-state index contributed by atoms with van der Waals surface area (Å²) >= 11 is 0. The molecule has 1 heterocycles. The zero-order valence-corrected chi connectivity index (χ0v) is 12.8. The summed E-state index contributed by atoms with van der Waals surface area (Å²) < 4.78 is 0. The number of amides is 2. The summed E-state index contributed by atoms with van der Waals surface area (Å²) in [6, 6.07) is 5.60. The standard InChI is InChI=1S/C17H21NO3/c1-4-5-6-9-18-16(20)14(15(19)17(18)21)13-8-7-11(2)10-12(13)3/h7-8,10,19H,4-6,9H2,1-3H3. The molecule has 2 rings (SSSR count). The molecule has 1 aromatic rings. The first-order valence-corrected chi connectivity index (χ1v) is 7.34. The monoisotopic (exact) mass is 287 g/mol. The zero-order chi connectivity index (χ0) is 15.6. The van der Waals surface area contributed by atoms with Crippen LogP contribution in [-0.2, 0) is 9.59 Å². The first-order valence-electron chi connectivity index (χ1n) is 7.34. The largest absolute Gasteiger partial charge is 0.502 e. The van der Waals surface area contributed by atoms with Crippen molar-refractivity contribution in [2.24, 2.45) is 0 Å². The van der Waals surface area contributed by atoms with Gasteiger partial charge in [0.05, 0.1) is 5.57 Å². The van der Waals surface area contributed by atoms with Gasteiger partial charge in [-0.15, -0.1) is 0 Å². The molecule has 0 bridgehead atoms. The van der Waals surface area contributed by atoms with E-state index in [0.29, 0.717) is 12.1 Å². The van der Waals surface area contributed by atoms with Crippen molar-refractivity contribution in [1.82, 2.24) is 4.90 Å². The first-order chi connectivity index (χ1) is 9.97. The molecule has 0 saturated carbocycles. The smallest absolute Gasteiger partial charge is 0.296 e. The Morgan fingerprint density at radius 3 is 2.43 bits per heavy atom. The van der Waals surface area contributed by atoms with Gasteiger partial charge in [-0.1, -0.05) is 43.5 Å². The summed E-state index contributed by atoms with van der Waals surface area (Å²) in [5.41, 5.74) is 2.73. The minimum atomic E-state index is -0.578. The van der Waals surface area contributed by atoms with E-state index in [9.17, 15) is 14.7 Å². The number of aryl methyl sites for hydroxylation is 2. The Kier molecular flexibility index (Phi) is 4.46. The van der Waals surface area contributed by atoms with Crippen LogP contribution in [-0.4, -0.2) is 28.4 Å². The molecule has 1 aromatic carbocycles. The molecule has 0 unspecified atom stereocenters. The molecule has 1 N–H and O–H groups in total. The number of hydrogen-bond acceptors (Lipinski definition) is 3. The lowest BCUT2D eigenvalue weighted by molar-refractivity contribution is -0.138. The lowest BCUT2D eigenvalue weighted by Crippen LogP contribution is -2.32. The van der Waals surface area contributed by atoms with Gasteiger partial charge in [-0.3, -0.25) is 14.5 Å². The number of aliphatic hydroxyl groups excluding tert-OH is 1. The number of benzene rings is 1. The summed E-state index contributed by atoms with van der Waals surface area (Å²) in [6.45, 7) is 6.26. The lowest BCUT2D eigenvalue weighted by atomic mass is 9.98. The van der Waals surface area contributed by atoms with Crippen LogP contribution < -0.4 is 0 Å². The molecule has 112 valence electrons. The molecule has 0 saturated heterocycles. The van der Waals surface area contributed by atoms with Crippen molar-refractivity contribution in [3.63, 3.8) is 0 Å². The van der Waals surface area contributed by atoms with E-state index in [-0.39, 0.29) is 11.5 Å². The third kappa shape index (κ3) is 2.84. The average Bonchev–Trinajstić information content (AvgIpc) is 2.64. The normalized spacial score (nSPS) is 15.3. The van der Waals surface area contributed by atoms with E-state index in [1.807, 2.05) is 26.0 Å². The van der Waals surface area contributed by atoms with Crippen molar-refractivity contribution < 1.29 is 14.7 Å². The summed E-state index contributed by atoms with van der Waals surface area (Å²) in [5, 5.41) is 10.1. The van der Waals surface area contributed by atoms with Crippen molar-refractivity contribution in [2.75, 3.05) is 6.54 Å². The van der Waals surface area contributed by atoms with Crippen LogP contribution in [0.3, 0.4) is 0 Å². The fourth-order valence-corrected chi connectivity index (χ4v) is 2.62. The Bertz CT molecular complexity index is 616. The molecule has 4 nitrogen and oxygen atoms in total. The lowest BCUT2D eigenvalue weighted by Gasteiger charge is -2.14. The Hall–Kier alpha value is -2.10. The molecule has 0 fully saturated rings. The van der Waals surface area contributed by atoms with Crippen LogP contribution in [0.25, 0.3) is 5.57 Å². The molecule has 0 atom stereocenters. The Morgan fingerprint density at radius 2 is 1.81 bits per heavy atom. The van der Waals surface area contributed by atoms with Gasteiger partial charge in [0.1, 0.15) is 0 Å². The molecule has 0 radical (unpaired) electrons. The number of aliphatic hydroxyl groups is 1. The van der Waals surface area contributed by atoms with Crippen molar-refractivity contribution >= 4 is 17.4 Å². The third-order valence-electron chi connectivity index (χ3n) is 3.78. The summed E-state index contributed by atoms with van der Waals surface area (Å²) in [4.78, 5) is 25.7. The number of unbranched alkanes of at least 4 members (excludes halogenated alkanes) is 2. The fraction of sp³-hybridized carbons (Fsp3) is 0.412. The third-order valence-corrected chi connectivity index (χ3v) is 3.78. The zero-order valence-electron chi connectivity index (χ0n) is 12.8. The van der Waals surface area contributed by atoms with Crippen molar-refractivity contribution in [3.05, 3.63) is 40.6 Å². The Balaban J connectivity index is 2.31. The van der Waals surface area contributed by atoms with E-state index < -0.39 is 11.7 Å². The van der Waals surface area contributed by atoms with Crippen LogP contribution in [0.1, 0.15) is 42.9 Å². The van der Waals surface area contributed by atoms with Crippen LogP contribution in [0.4, 0.5) is 0 Å². The van der Waals surface area contributed by atoms with E-state index in [0.717, 1.165) is 35.3 Å². The van der Waals surface area contributed by atoms with Crippen molar-refractivity contribution in [3.8, 4) is 0 Å². The highest BCUT2D eigenvalue weighted by atomic mass is 16.3.